The Labute approximate surface area is 124 Å². The lowest BCUT2D eigenvalue weighted by Gasteiger charge is -2.10. The van der Waals surface area contributed by atoms with Crippen LogP contribution in [0, 0.1) is 0 Å². The Bertz CT molecular complexity index is 616. The van der Waals surface area contributed by atoms with E-state index in [2.05, 4.69) is 21.2 Å². The summed E-state index contributed by atoms with van der Waals surface area (Å²) in [5.74, 6) is -0.282. The summed E-state index contributed by atoms with van der Waals surface area (Å²) < 4.78 is 0.663. The van der Waals surface area contributed by atoms with Crippen molar-refractivity contribution in [2.45, 2.75) is 6.61 Å². The molecule has 2 N–H and O–H groups in total. The van der Waals surface area contributed by atoms with Gasteiger partial charge in [-0.3, -0.25) is 4.79 Å². The molecule has 0 bridgehead atoms. The minimum atomic E-state index is -0.282. The molecule has 0 saturated carbocycles. The summed E-state index contributed by atoms with van der Waals surface area (Å²) in [7, 11) is 0. The maximum atomic E-state index is 12.2. The number of rotatable bonds is 3. The van der Waals surface area contributed by atoms with E-state index >= 15 is 0 Å². The van der Waals surface area contributed by atoms with Crippen molar-refractivity contribution < 1.29 is 9.90 Å². The van der Waals surface area contributed by atoms with E-state index in [0.717, 1.165) is 0 Å². The molecule has 19 heavy (non-hydrogen) atoms. The molecule has 98 valence electrons. The first kappa shape index (κ1) is 14.1. The molecule has 0 spiro atoms. The number of benzene rings is 2. The van der Waals surface area contributed by atoms with Gasteiger partial charge in [0.05, 0.1) is 12.2 Å². The highest BCUT2D eigenvalue weighted by atomic mass is 79.9. The van der Waals surface area contributed by atoms with Crippen molar-refractivity contribution in [3.05, 3.63) is 63.1 Å². The summed E-state index contributed by atoms with van der Waals surface area (Å²) >= 11 is 9.19. The van der Waals surface area contributed by atoms with Crippen LogP contribution in [-0.4, -0.2) is 11.0 Å². The Balaban J connectivity index is 2.28. The van der Waals surface area contributed by atoms with E-state index in [9.17, 15) is 9.90 Å². The number of carbonyl (C=O) groups is 1. The van der Waals surface area contributed by atoms with E-state index in [1.165, 1.54) is 0 Å². The monoisotopic (exact) mass is 339 g/mol. The quantitative estimate of drug-likeness (QED) is 0.891. The Hall–Kier alpha value is -1.36. The molecule has 0 heterocycles. The van der Waals surface area contributed by atoms with Crippen LogP contribution in [0.1, 0.15) is 15.9 Å². The van der Waals surface area contributed by atoms with E-state index < -0.39 is 0 Å². The fourth-order valence-corrected chi connectivity index (χ4v) is 2.24. The van der Waals surface area contributed by atoms with Gasteiger partial charge in [-0.05, 0) is 40.2 Å². The molecule has 2 aromatic carbocycles. The van der Waals surface area contributed by atoms with Crippen LogP contribution >= 0.6 is 27.5 Å². The second kappa shape index (κ2) is 6.19. The van der Waals surface area contributed by atoms with Crippen molar-refractivity contribution in [1.82, 2.24) is 0 Å². The van der Waals surface area contributed by atoms with Gasteiger partial charge in [0.2, 0.25) is 0 Å². The summed E-state index contributed by atoms with van der Waals surface area (Å²) in [5.41, 5.74) is 1.69. The third kappa shape index (κ3) is 3.35. The molecule has 0 aliphatic carbocycles. The molecule has 0 aromatic heterocycles. The van der Waals surface area contributed by atoms with Crippen molar-refractivity contribution in [2.75, 3.05) is 5.32 Å². The molecule has 0 radical (unpaired) electrons. The van der Waals surface area contributed by atoms with Gasteiger partial charge in [0.1, 0.15) is 0 Å². The fourth-order valence-electron chi connectivity index (χ4n) is 1.64. The molecule has 5 heteroatoms. The van der Waals surface area contributed by atoms with Gasteiger partial charge in [0.25, 0.3) is 5.91 Å². The van der Waals surface area contributed by atoms with E-state index in [4.69, 9.17) is 11.6 Å². The minimum absolute atomic E-state index is 0.132. The average Bonchev–Trinajstić information content (AvgIpc) is 2.42. The number of hydrogen-bond donors (Lipinski definition) is 2. The first-order valence-electron chi connectivity index (χ1n) is 5.57. The average molecular weight is 341 g/mol. The molecule has 2 aromatic rings. The molecular formula is C14H11BrClNO2. The Morgan fingerprint density at radius 2 is 2.00 bits per heavy atom. The van der Waals surface area contributed by atoms with Crippen molar-refractivity contribution in [1.29, 1.82) is 0 Å². The van der Waals surface area contributed by atoms with Gasteiger partial charge < -0.3 is 10.4 Å². The van der Waals surface area contributed by atoms with Crippen LogP contribution in [0.4, 0.5) is 5.69 Å². The van der Waals surface area contributed by atoms with Crippen LogP contribution in [0.5, 0.6) is 0 Å². The van der Waals surface area contributed by atoms with Crippen LogP contribution in [0.2, 0.25) is 5.02 Å². The van der Waals surface area contributed by atoms with E-state index in [-0.39, 0.29) is 12.5 Å². The summed E-state index contributed by atoms with van der Waals surface area (Å²) in [6.45, 7) is -0.132. The predicted molar refractivity (Wildman–Crippen MR) is 79.5 cm³/mol. The van der Waals surface area contributed by atoms with Gasteiger partial charge in [-0.2, -0.15) is 0 Å². The van der Waals surface area contributed by atoms with Crippen LogP contribution in [-0.2, 0) is 6.61 Å². The number of amides is 1. The molecule has 0 saturated heterocycles. The van der Waals surface area contributed by atoms with Gasteiger partial charge in [0.15, 0.2) is 0 Å². The maximum Gasteiger partial charge on any atom is 0.256 e. The molecule has 0 fully saturated rings. The third-order valence-electron chi connectivity index (χ3n) is 2.61. The Morgan fingerprint density at radius 3 is 2.74 bits per heavy atom. The van der Waals surface area contributed by atoms with E-state index in [1.807, 2.05) is 0 Å². The minimum Gasteiger partial charge on any atom is -0.392 e. The van der Waals surface area contributed by atoms with Crippen LogP contribution in [0.15, 0.2) is 46.9 Å². The van der Waals surface area contributed by atoms with Crippen molar-refractivity contribution in [3.63, 3.8) is 0 Å². The number of halogens is 2. The summed E-state index contributed by atoms with van der Waals surface area (Å²) in [6, 6.07) is 12.1. The van der Waals surface area contributed by atoms with Crippen LogP contribution in [0.3, 0.4) is 0 Å². The van der Waals surface area contributed by atoms with Gasteiger partial charge in [-0.15, -0.1) is 0 Å². The number of carbonyl (C=O) groups excluding carboxylic acids is 1. The van der Waals surface area contributed by atoms with Crippen molar-refractivity contribution in [3.8, 4) is 0 Å². The van der Waals surface area contributed by atoms with E-state index in [0.29, 0.717) is 26.3 Å². The summed E-state index contributed by atoms with van der Waals surface area (Å²) in [6.07, 6.45) is 0. The number of nitrogens with one attached hydrogen (secondary N) is 1. The first-order valence-corrected chi connectivity index (χ1v) is 6.74. The Kier molecular flexibility index (Phi) is 4.58. The molecule has 0 aliphatic rings. The molecule has 0 aliphatic heterocycles. The lowest BCUT2D eigenvalue weighted by Crippen LogP contribution is -2.14. The second-order valence-corrected chi connectivity index (χ2v) is 5.18. The normalized spacial score (nSPS) is 10.3. The summed E-state index contributed by atoms with van der Waals surface area (Å²) in [4.78, 5) is 12.2. The van der Waals surface area contributed by atoms with Crippen molar-refractivity contribution in [2.24, 2.45) is 0 Å². The van der Waals surface area contributed by atoms with Crippen LogP contribution in [0.25, 0.3) is 0 Å². The third-order valence-corrected chi connectivity index (χ3v) is 3.54. The second-order valence-electron chi connectivity index (χ2n) is 3.89. The van der Waals surface area contributed by atoms with Crippen LogP contribution < -0.4 is 5.32 Å². The highest BCUT2D eigenvalue weighted by molar-refractivity contribution is 9.10. The van der Waals surface area contributed by atoms with Gasteiger partial charge in [0, 0.05) is 20.7 Å². The molecule has 0 unspecified atom stereocenters. The molecule has 1 amide bonds. The van der Waals surface area contributed by atoms with Crippen molar-refractivity contribution >= 4 is 39.1 Å². The fraction of sp³-hybridized carbons (Fsp3) is 0.0714. The lowest BCUT2D eigenvalue weighted by molar-refractivity contribution is 0.102. The standard InChI is InChI=1S/C14H11BrClNO2/c15-12-6-5-10(16)7-11(12)14(19)17-13-4-2-1-3-9(13)8-18/h1-7,18H,8H2,(H,17,19). The van der Waals surface area contributed by atoms with Gasteiger partial charge in [-0.1, -0.05) is 29.8 Å². The zero-order chi connectivity index (χ0) is 13.8. The highest BCUT2D eigenvalue weighted by Crippen LogP contribution is 2.23. The maximum absolute atomic E-state index is 12.2. The number of aliphatic hydroxyl groups excluding tert-OH is 1. The Morgan fingerprint density at radius 1 is 1.26 bits per heavy atom. The summed E-state index contributed by atoms with van der Waals surface area (Å²) in [5, 5.41) is 12.5. The first-order chi connectivity index (χ1) is 9.11. The SMILES string of the molecule is O=C(Nc1ccccc1CO)c1cc(Cl)ccc1Br. The largest absolute Gasteiger partial charge is 0.392 e. The van der Waals surface area contributed by atoms with E-state index in [1.54, 1.807) is 42.5 Å². The number of aliphatic hydroxyl groups is 1. The zero-order valence-corrected chi connectivity index (χ0v) is 12.2. The number of para-hydroxylation sites is 1. The number of hydrogen-bond acceptors (Lipinski definition) is 2. The highest BCUT2D eigenvalue weighted by Gasteiger charge is 2.12. The smallest absolute Gasteiger partial charge is 0.256 e. The number of anilines is 1. The zero-order valence-electron chi connectivity index (χ0n) is 9.86. The van der Waals surface area contributed by atoms with Gasteiger partial charge in [-0.25, -0.2) is 0 Å². The lowest BCUT2D eigenvalue weighted by atomic mass is 10.1. The molecule has 3 nitrogen and oxygen atoms in total. The predicted octanol–water partition coefficient (Wildman–Crippen LogP) is 3.85. The molecular weight excluding hydrogens is 330 g/mol. The van der Waals surface area contributed by atoms with Gasteiger partial charge >= 0.3 is 0 Å². The molecule has 0 atom stereocenters. The molecule has 2 rings (SSSR count). The topological polar surface area (TPSA) is 49.3 Å².